The summed E-state index contributed by atoms with van der Waals surface area (Å²) in [4.78, 5) is 0. The van der Waals surface area contributed by atoms with Gasteiger partial charge >= 0.3 is 0 Å². The Morgan fingerprint density at radius 3 is 0.962 bits per heavy atom. The molecule has 0 fully saturated rings. The summed E-state index contributed by atoms with van der Waals surface area (Å²) in [6, 6.07) is 0. The lowest BCUT2D eigenvalue weighted by Gasteiger charge is -2.04. The molecule has 0 aromatic carbocycles. The molecule has 0 aromatic heterocycles. The van der Waals surface area contributed by atoms with Crippen molar-refractivity contribution >= 4 is 0 Å². The molecular formula is C26H48. The summed E-state index contributed by atoms with van der Waals surface area (Å²) in [5.74, 6) is 6.23. The van der Waals surface area contributed by atoms with Crippen LogP contribution < -0.4 is 0 Å². The highest BCUT2D eigenvalue weighted by molar-refractivity contribution is 4.98. The molecule has 0 bridgehead atoms. The maximum Gasteiger partial charge on any atom is 0.00890 e. The quantitative estimate of drug-likeness (QED) is 0.150. The van der Waals surface area contributed by atoms with E-state index >= 15 is 0 Å². The van der Waals surface area contributed by atoms with E-state index < -0.39 is 0 Å². The monoisotopic (exact) mass is 360 g/mol. The summed E-state index contributed by atoms with van der Waals surface area (Å²) in [6.45, 7) is 7.64. The summed E-state index contributed by atoms with van der Waals surface area (Å²) in [7, 11) is 0. The first-order chi connectivity index (χ1) is 12.9. The van der Waals surface area contributed by atoms with Gasteiger partial charge in [-0.2, -0.15) is 0 Å². The zero-order valence-electron chi connectivity index (χ0n) is 18.0. The standard InChI is InChI=1S/C26H48/c1-3-5-7-9-11-13-15-17-19-21-23-25-26-24-22-20-18-16-14-12-10-8-6-4-2/h1-5,7,9-26H2. The molecule has 26 heavy (non-hydrogen) atoms. The van der Waals surface area contributed by atoms with E-state index in [4.69, 9.17) is 0 Å². The van der Waals surface area contributed by atoms with Crippen molar-refractivity contribution in [2.75, 3.05) is 0 Å². The van der Waals surface area contributed by atoms with Crippen LogP contribution in [0, 0.1) is 25.7 Å². The predicted octanol–water partition coefficient (Wildman–Crippen LogP) is 9.24. The Kier molecular flexibility index (Phi) is 24.1. The molecule has 2 radical (unpaired) electrons. The van der Waals surface area contributed by atoms with Crippen molar-refractivity contribution in [3.05, 3.63) is 13.8 Å². The minimum Gasteiger partial charge on any atom is -0.103 e. The molecule has 0 rings (SSSR count). The van der Waals surface area contributed by atoms with Crippen LogP contribution in [0.5, 0.6) is 0 Å². The molecule has 0 N–H and O–H groups in total. The van der Waals surface area contributed by atoms with Gasteiger partial charge in [0.15, 0.2) is 0 Å². The van der Waals surface area contributed by atoms with Gasteiger partial charge in [0.2, 0.25) is 0 Å². The fourth-order valence-electron chi connectivity index (χ4n) is 3.57. The van der Waals surface area contributed by atoms with Crippen LogP contribution in [0.2, 0.25) is 0 Å². The Morgan fingerprint density at radius 1 is 0.346 bits per heavy atom. The third-order valence-corrected chi connectivity index (χ3v) is 5.30. The molecule has 0 aromatic rings. The first-order valence-electron chi connectivity index (χ1n) is 12.0. The Bertz CT molecular complexity index is 293. The highest BCUT2D eigenvalue weighted by Gasteiger charge is 1.95. The normalized spacial score (nSPS) is 10.7. The molecule has 0 heterocycles. The van der Waals surface area contributed by atoms with Crippen LogP contribution in [-0.2, 0) is 0 Å². The molecule has 0 nitrogen and oxygen atoms in total. The lowest BCUT2D eigenvalue weighted by molar-refractivity contribution is 0.523. The molecule has 0 amide bonds. The second-order valence-electron chi connectivity index (χ2n) is 7.92. The fraction of sp³-hybridized carbons (Fsp3) is 0.846. The minimum atomic E-state index is 0.761. The molecule has 0 aliphatic carbocycles. The molecule has 0 aliphatic heterocycles. The first kappa shape index (κ1) is 25.6. The fourth-order valence-corrected chi connectivity index (χ4v) is 3.57. The predicted molar refractivity (Wildman–Crippen MR) is 120 cm³/mol. The van der Waals surface area contributed by atoms with Crippen molar-refractivity contribution in [1.82, 2.24) is 0 Å². The van der Waals surface area contributed by atoms with E-state index in [1.807, 2.05) is 0 Å². The van der Waals surface area contributed by atoms with Gasteiger partial charge in [0, 0.05) is 12.8 Å². The Balaban J connectivity index is 2.99. The van der Waals surface area contributed by atoms with Gasteiger partial charge in [0.25, 0.3) is 0 Å². The third-order valence-electron chi connectivity index (χ3n) is 5.30. The van der Waals surface area contributed by atoms with Gasteiger partial charge in [-0.15, -0.1) is 11.8 Å². The number of unbranched alkanes of at least 4 members (excludes halogenated alkanes) is 20. The molecule has 0 atom stereocenters. The van der Waals surface area contributed by atoms with E-state index in [0.717, 1.165) is 19.3 Å². The molecule has 0 heteroatoms. The van der Waals surface area contributed by atoms with Crippen LogP contribution in [0.3, 0.4) is 0 Å². The van der Waals surface area contributed by atoms with Crippen molar-refractivity contribution in [3.8, 4) is 11.8 Å². The smallest absolute Gasteiger partial charge is 0.00890 e. The average molecular weight is 361 g/mol. The summed E-state index contributed by atoms with van der Waals surface area (Å²) < 4.78 is 0. The second kappa shape index (κ2) is 24.6. The van der Waals surface area contributed by atoms with E-state index in [9.17, 15) is 0 Å². The Labute approximate surface area is 167 Å². The topological polar surface area (TPSA) is 0 Å². The van der Waals surface area contributed by atoms with Crippen molar-refractivity contribution in [3.63, 3.8) is 0 Å². The number of hydrogen-bond acceptors (Lipinski definition) is 0. The van der Waals surface area contributed by atoms with Crippen molar-refractivity contribution < 1.29 is 0 Å². The van der Waals surface area contributed by atoms with Crippen LogP contribution in [0.15, 0.2) is 0 Å². The van der Waals surface area contributed by atoms with Gasteiger partial charge < -0.3 is 0 Å². The summed E-state index contributed by atoms with van der Waals surface area (Å²) >= 11 is 0. The van der Waals surface area contributed by atoms with Crippen LogP contribution in [0.1, 0.15) is 141 Å². The summed E-state index contributed by atoms with van der Waals surface area (Å²) in [5.41, 5.74) is 0. The number of hydrogen-bond donors (Lipinski definition) is 0. The molecule has 0 saturated heterocycles. The minimum absolute atomic E-state index is 0.761. The Morgan fingerprint density at radius 2 is 0.654 bits per heavy atom. The highest BCUT2D eigenvalue weighted by Crippen LogP contribution is 2.14. The lowest BCUT2D eigenvalue weighted by atomic mass is 10.0. The van der Waals surface area contributed by atoms with Crippen molar-refractivity contribution in [2.45, 2.75) is 141 Å². The maximum atomic E-state index is 3.90. The summed E-state index contributed by atoms with van der Waals surface area (Å²) in [6.07, 6.45) is 30.1. The van der Waals surface area contributed by atoms with Crippen molar-refractivity contribution in [1.29, 1.82) is 0 Å². The lowest BCUT2D eigenvalue weighted by Crippen LogP contribution is -1.84. The zero-order chi connectivity index (χ0) is 19.0. The maximum absolute atomic E-state index is 3.90. The summed E-state index contributed by atoms with van der Waals surface area (Å²) in [5, 5.41) is 0. The van der Waals surface area contributed by atoms with E-state index in [1.165, 1.54) is 122 Å². The molecular weight excluding hydrogens is 312 g/mol. The zero-order valence-corrected chi connectivity index (χ0v) is 18.0. The second-order valence-corrected chi connectivity index (χ2v) is 7.92. The first-order valence-corrected chi connectivity index (χ1v) is 12.0. The highest BCUT2D eigenvalue weighted by atomic mass is 14.0. The SMILES string of the molecule is [CH2]CC#CCCCCCCCCCCCCCCCCCCCCC[CH2]. The molecule has 152 valence electrons. The van der Waals surface area contributed by atoms with E-state index in [2.05, 4.69) is 25.7 Å². The van der Waals surface area contributed by atoms with Gasteiger partial charge in [0.1, 0.15) is 0 Å². The molecule has 0 unspecified atom stereocenters. The van der Waals surface area contributed by atoms with Gasteiger partial charge in [-0.05, 0) is 13.3 Å². The van der Waals surface area contributed by atoms with Gasteiger partial charge in [-0.3, -0.25) is 0 Å². The van der Waals surface area contributed by atoms with Crippen LogP contribution >= 0.6 is 0 Å². The molecule has 0 saturated carbocycles. The number of rotatable bonds is 20. The average Bonchev–Trinajstić information content (AvgIpc) is 2.66. The van der Waals surface area contributed by atoms with Gasteiger partial charge in [-0.25, -0.2) is 0 Å². The van der Waals surface area contributed by atoms with E-state index in [0.29, 0.717) is 0 Å². The van der Waals surface area contributed by atoms with Crippen LogP contribution in [-0.4, -0.2) is 0 Å². The molecule has 0 spiro atoms. The third kappa shape index (κ3) is 23.6. The molecule has 0 aliphatic rings. The van der Waals surface area contributed by atoms with Crippen LogP contribution in [0.4, 0.5) is 0 Å². The Hall–Kier alpha value is -0.440. The van der Waals surface area contributed by atoms with Gasteiger partial charge in [-0.1, -0.05) is 129 Å². The van der Waals surface area contributed by atoms with Crippen molar-refractivity contribution in [2.24, 2.45) is 0 Å². The van der Waals surface area contributed by atoms with Gasteiger partial charge in [0.05, 0.1) is 0 Å². The largest absolute Gasteiger partial charge is 0.103 e. The van der Waals surface area contributed by atoms with E-state index in [-0.39, 0.29) is 0 Å². The van der Waals surface area contributed by atoms with E-state index in [1.54, 1.807) is 0 Å². The van der Waals surface area contributed by atoms with Crippen LogP contribution in [0.25, 0.3) is 0 Å².